The van der Waals surface area contributed by atoms with Crippen molar-refractivity contribution in [3.05, 3.63) is 0 Å². The van der Waals surface area contributed by atoms with Crippen LogP contribution < -0.4 is 0 Å². The van der Waals surface area contributed by atoms with E-state index in [4.69, 9.17) is 4.74 Å². The number of rotatable bonds is 10. The molecule has 3 heteroatoms. The molecule has 0 saturated heterocycles. The van der Waals surface area contributed by atoms with Gasteiger partial charge in [0, 0.05) is 38.3 Å². The fraction of sp³-hybridized carbons (Fsp3) is 1.00. The lowest BCUT2D eigenvalue weighted by atomic mass is 9.85. The van der Waals surface area contributed by atoms with E-state index >= 15 is 0 Å². The molecule has 0 saturated carbocycles. The molecular weight excluding hydrogens is 214 g/mol. The van der Waals surface area contributed by atoms with E-state index in [2.05, 4.69) is 32.6 Å². The minimum absolute atomic E-state index is 0.0198. The van der Waals surface area contributed by atoms with Crippen molar-refractivity contribution in [2.75, 3.05) is 33.4 Å². The maximum absolute atomic E-state index is 9.59. The molecule has 0 aromatic heterocycles. The van der Waals surface area contributed by atoms with Gasteiger partial charge in [0.2, 0.25) is 0 Å². The normalized spacial score (nSPS) is 17.1. The number of hydrogen-bond acceptors (Lipinski definition) is 3. The van der Waals surface area contributed by atoms with Crippen LogP contribution >= 0.6 is 0 Å². The fourth-order valence-corrected chi connectivity index (χ4v) is 2.22. The van der Waals surface area contributed by atoms with Gasteiger partial charge in [0.05, 0.1) is 6.61 Å². The summed E-state index contributed by atoms with van der Waals surface area (Å²) in [5, 5.41) is 9.59. The molecule has 0 spiro atoms. The third-order valence-electron chi connectivity index (χ3n) is 3.62. The van der Waals surface area contributed by atoms with Gasteiger partial charge in [-0.05, 0) is 19.8 Å². The van der Waals surface area contributed by atoms with Gasteiger partial charge in [-0.1, -0.05) is 27.2 Å². The minimum Gasteiger partial charge on any atom is -0.396 e. The van der Waals surface area contributed by atoms with Gasteiger partial charge in [0.15, 0.2) is 0 Å². The fourth-order valence-electron chi connectivity index (χ4n) is 2.22. The lowest BCUT2D eigenvalue weighted by Gasteiger charge is -2.37. The Kier molecular flexibility index (Phi) is 8.83. The van der Waals surface area contributed by atoms with Crippen LogP contribution in [0.4, 0.5) is 0 Å². The smallest absolute Gasteiger partial charge is 0.0589 e. The first kappa shape index (κ1) is 16.9. The molecule has 0 aliphatic carbocycles. The molecule has 0 aliphatic rings. The Morgan fingerprint density at radius 1 is 1.35 bits per heavy atom. The SMILES string of the molecule is CCCC(C)(CO)CN(CCOC)C(C)CC. The number of ether oxygens (including phenoxy) is 1. The summed E-state index contributed by atoms with van der Waals surface area (Å²) in [6.07, 6.45) is 3.33. The third-order valence-corrected chi connectivity index (χ3v) is 3.62. The Morgan fingerprint density at radius 2 is 2.00 bits per heavy atom. The predicted molar refractivity (Wildman–Crippen MR) is 73.3 cm³/mol. The van der Waals surface area contributed by atoms with Gasteiger partial charge in [-0.2, -0.15) is 0 Å². The second-order valence-corrected chi connectivity index (χ2v) is 5.44. The van der Waals surface area contributed by atoms with Gasteiger partial charge < -0.3 is 9.84 Å². The molecule has 0 amide bonds. The summed E-state index contributed by atoms with van der Waals surface area (Å²) in [6, 6.07) is 0.549. The third kappa shape index (κ3) is 6.39. The molecule has 0 heterocycles. The van der Waals surface area contributed by atoms with Crippen LogP contribution in [0.25, 0.3) is 0 Å². The Morgan fingerprint density at radius 3 is 2.41 bits per heavy atom. The van der Waals surface area contributed by atoms with E-state index in [-0.39, 0.29) is 12.0 Å². The highest BCUT2D eigenvalue weighted by Crippen LogP contribution is 2.25. The zero-order valence-corrected chi connectivity index (χ0v) is 12.3. The molecule has 0 fully saturated rings. The molecular formula is C14H31NO2. The van der Waals surface area contributed by atoms with Crippen LogP contribution in [0.1, 0.15) is 47.0 Å². The highest BCUT2D eigenvalue weighted by molar-refractivity contribution is 4.80. The first-order valence-corrected chi connectivity index (χ1v) is 6.86. The number of methoxy groups -OCH3 is 1. The van der Waals surface area contributed by atoms with Crippen LogP contribution in [0.15, 0.2) is 0 Å². The molecule has 3 nitrogen and oxygen atoms in total. The molecule has 104 valence electrons. The van der Waals surface area contributed by atoms with Crippen molar-refractivity contribution in [3.63, 3.8) is 0 Å². The molecule has 2 unspecified atom stereocenters. The van der Waals surface area contributed by atoms with Gasteiger partial charge >= 0.3 is 0 Å². The van der Waals surface area contributed by atoms with Crippen LogP contribution in [0.3, 0.4) is 0 Å². The molecule has 0 aliphatic heterocycles. The van der Waals surface area contributed by atoms with E-state index in [1.165, 1.54) is 0 Å². The number of nitrogens with zero attached hydrogens (tertiary/aromatic N) is 1. The van der Waals surface area contributed by atoms with Crippen molar-refractivity contribution in [2.24, 2.45) is 5.41 Å². The largest absolute Gasteiger partial charge is 0.396 e. The van der Waals surface area contributed by atoms with Crippen molar-refractivity contribution in [3.8, 4) is 0 Å². The average molecular weight is 245 g/mol. The molecule has 0 bridgehead atoms. The Bertz CT molecular complexity index is 187. The summed E-state index contributed by atoms with van der Waals surface area (Å²) < 4.78 is 5.17. The summed E-state index contributed by atoms with van der Waals surface area (Å²) in [6.45, 7) is 11.7. The van der Waals surface area contributed by atoms with E-state index in [9.17, 15) is 5.11 Å². The van der Waals surface area contributed by atoms with Crippen LogP contribution in [0.5, 0.6) is 0 Å². The van der Waals surface area contributed by atoms with Crippen molar-refractivity contribution in [1.82, 2.24) is 4.90 Å². The Balaban J connectivity index is 4.46. The topological polar surface area (TPSA) is 32.7 Å². The molecule has 2 atom stereocenters. The standard InChI is InChI=1S/C14H31NO2/c1-6-8-14(4,12-16)11-15(9-10-17-5)13(3)7-2/h13,16H,6-12H2,1-5H3. The Labute approximate surface area is 107 Å². The van der Waals surface area contributed by atoms with E-state index < -0.39 is 0 Å². The summed E-state index contributed by atoms with van der Waals surface area (Å²) in [5.41, 5.74) is 0.0198. The van der Waals surface area contributed by atoms with Crippen LogP contribution in [0.2, 0.25) is 0 Å². The van der Waals surface area contributed by atoms with Crippen LogP contribution in [-0.2, 0) is 4.74 Å². The van der Waals surface area contributed by atoms with Gasteiger partial charge in [-0.15, -0.1) is 0 Å². The van der Waals surface area contributed by atoms with Crippen molar-refractivity contribution >= 4 is 0 Å². The van der Waals surface area contributed by atoms with Crippen LogP contribution in [-0.4, -0.2) is 49.5 Å². The van der Waals surface area contributed by atoms with Crippen molar-refractivity contribution < 1.29 is 9.84 Å². The predicted octanol–water partition coefficient (Wildman–Crippen LogP) is 2.53. The second-order valence-electron chi connectivity index (χ2n) is 5.44. The molecule has 0 radical (unpaired) electrons. The lowest BCUT2D eigenvalue weighted by Crippen LogP contribution is -2.44. The first-order chi connectivity index (χ1) is 8.02. The minimum atomic E-state index is 0.0198. The molecule has 17 heavy (non-hydrogen) atoms. The van der Waals surface area contributed by atoms with Crippen molar-refractivity contribution in [2.45, 2.75) is 53.0 Å². The van der Waals surface area contributed by atoms with Gasteiger partial charge in [-0.25, -0.2) is 0 Å². The van der Waals surface area contributed by atoms with Gasteiger partial charge in [0.1, 0.15) is 0 Å². The number of aliphatic hydroxyl groups is 1. The molecule has 0 rings (SSSR count). The maximum Gasteiger partial charge on any atom is 0.0589 e. The first-order valence-electron chi connectivity index (χ1n) is 6.86. The lowest BCUT2D eigenvalue weighted by molar-refractivity contribution is 0.0456. The molecule has 1 N–H and O–H groups in total. The highest BCUT2D eigenvalue weighted by Gasteiger charge is 2.27. The summed E-state index contributed by atoms with van der Waals surface area (Å²) in [5.74, 6) is 0. The monoisotopic (exact) mass is 245 g/mol. The van der Waals surface area contributed by atoms with Gasteiger partial charge in [0.25, 0.3) is 0 Å². The summed E-state index contributed by atoms with van der Waals surface area (Å²) in [4.78, 5) is 2.44. The van der Waals surface area contributed by atoms with Gasteiger partial charge in [-0.3, -0.25) is 4.90 Å². The Hall–Kier alpha value is -0.120. The average Bonchev–Trinajstić information content (AvgIpc) is 2.33. The van der Waals surface area contributed by atoms with Crippen molar-refractivity contribution in [1.29, 1.82) is 0 Å². The molecule has 0 aromatic rings. The van der Waals surface area contributed by atoms with E-state index in [0.29, 0.717) is 6.04 Å². The number of hydrogen-bond donors (Lipinski definition) is 1. The summed E-state index contributed by atoms with van der Waals surface area (Å²) in [7, 11) is 1.74. The highest BCUT2D eigenvalue weighted by atomic mass is 16.5. The zero-order chi connectivity index (χ0) is 13.3. The quantitative estimate of drug-likeness (QED) is 0.642. The van der Waals surface area contributed by atoms with E-state index in [1.54, 1.807) is 7.11 Å². The number of aliphatic hydroxyl groups excluding tert-OH is 1. The zero-order valence-electron chi connectivity index (χ0n) is 12.3. The second kappa shape index (κ2) is 8.90. The molecule has 0 aromatic carbocycles. The van der Waals surface area contributed by atoms with E-state index in [0.717, 1.165) is 39.0 Å². The summed E-state index contributed by atoms with van der Waals surface area (Å²) >= 11 is 0. The maximum atomic E-state index is 9.59. The van der Waals surface area contributed by atoms with E-state index in [1.807, 2.05) is 0 Å². The van der Waals surface area contributed by atoms with Crippen LogP contribution in [0, 0.1) is 5.41 Å².